The Bertz CT molecular complexity index is 778. The van der Waals surface area contributed by atoms with E-state index in [1.54, 1.807) is 7.11 Å². The minimum absolute atomic E-state index is 0.772. The molecule has 0 atom stereocenters. The highest BCUT2D eigenvalue weighted by atomic mass is 16.5. The lowest BCUT2D eigenvalue weighted by molar-refractivity contribution is 0.279. The molecule has 0 fully saturated rings. The Balaban J connectivity index is 1.71. The van der Waals surface area contributed by atoms with Gasteiger partial charge >= 0.3 is 0 Å². The highest BCUT2D eigenvalue weighted by Crippen LogP contribution is 2.18. The molecule has 1 aromatic carbocycles. The van der Waals surface area contributed by atoms with Crippen LogP contribution in [0.4, 0.5) is 0 Å². The number of ether oxygens (including phenoxy) is 1. The Hall–Kier alpha value is -2.98. The minimum Gasteiger partial charge on any atom is -0.496 e. The summed E-state index contributed by atoms with van der Waals surface area (Å²) in [6, 6.07) is 20.0. The predicted molar refractivity (Wildman–Crippen MR) is 105 cm³/mol. The number of aromatic nitrogens is 2. The number of pyridine rings is 2. The van der Waals surface area contributed by atoms with Crippen molar-refractivity contribution in [3.05, 3.63) is 96.1 Å². The molecule has 0 aliphatic rings. The van der Waals surface area contributed by atoms with Crippen LogP contribution in [0.2, 0.25) is 0 Å². The van der Waals surface area contributed by atoms with Gasteiger partial charge in [-0.25, -0.2) is 0 Å². The smallest absolute Gasteiger partial charge is 0.126 e. The summed E-state index contributed by atoms with van der Waals surface area (Å²) in [7, 11) is 1.70. The monoisotopic (exact) mass is 345 g/mol. The van der Waals surface area contributed by atoms with Crippen molar-refractivity contribution in [2.45, 2.75) is 13.1 Å². The summed E-state index contributed by atoms with van der Waals surface area (Å²) in [4.78, 5) is 11.2. The Kier molecular flexibility index (Phi) is 6.51. The van der Waals surface area contributed by atoms with Gasteiger partial charge in [-0.2, -0.15) is 0 Å². The molecule has 0 bridgehead atoms. The summed E-state index contributed by atoms with van der Waals surface area (Å²) in [5, 5.41) is 0. The van der Waals surface area contributed by atoms with E-state index < -0.39 is 0 Å². The molecule has 0 saturated carbocycles. The maximum atomic E-state index is 5.41. The van der Waals surface area contributed by atoms with E-state index in [1.807, 2.05) is 54.9 Å². The fourth-order valence-electron chi connectivity index (χ4n) is 2.76. The van der Waals surface area contributed by atoms with E-state index in [0.29, 0.717) is 0 Å². The molecule has 0 aliphatic heterocycles. The van der Waals surface area contributed by atoms with Crippen molar-refractivity contribution < 1.29 is 4.74 Å². The van der Waals surface area contributed by atoms with E-state index >= 15 is 0 Å². The largest absolute Gasteiger partial charge is 0.496 e. The number of hydrogen-bond acceptors (Lipinski definition) is 4. The minimum atomic E-state index is 0.772. The molecule has 2 heterocycles. The van der Waals surface area contributed by atoms with E-state index in [1.165, 1.54) is 0 Å². The topological polar surface area (TPSA) is 38.2 Å². The van der Waals surface area contributed by atoms with E-state index in [9.17, 15) is 0 Å². The molecule has 26 heavy (non-hydrogen) atoms. The average molecular weight is 345 g/mol. The molecule has 0 radical (unpaired) electrons. The summed E-state index contributed by atoms with van der Waals surface area (Å²) in [6.45, 7) is 2.34. The third kappa shape index (κ3) is 5.26. The van der Waals surface area contributed by atoms with Crippen LogP contribution in [0, 0.1) is 0 Å². The maximum Gasteiger partial charge on any atom is 0.126 e. The molecule has 0 amide bonds. The highest BCUT2D eigenvalue weighted by molar-refractivity contribution is 5.57. The lowest BCUT2D eigenvalue weighted by Crippen LogP contribution is -2.24. The second-order valence-electron chi connectivity index (χ2n) is 5.96. The van der Waals surface area contributed by atoms with Crippen LogP contribution in [0.3, 0.4) is 0 Å². The highest BCUT2D eigenvalue weighted by Gasteiger charge is 2.07. The summed E-state index contributed by atoms with van der Waals surface area (Å²) in [5.41, 5.74) is 3.17. The number of rotatable bonds is 8. The molecule has 132 valence electrons. The first-order valence-electron chi connectivity index (χ1n) is 8.67. The van der Waals surface area contributed by atoms with Crippen molar-refractivity contribution in [2.24, 2.45) is 0 Å². The lowest BCUT2D eigenvalue weighted by Gasteiger charge is -2.20. The van der Waals surface area contributed by atoms with Crippen LogP contribution < -0.4 is 4.74 Å². The first kappa shape index (κ1) is 17.8. The Morgan fingerprint density at radius 2 is 1.46 bits per heavy atom. The van der Waals surface area contributed by atoms with Crippen molar-refractivity contribution in [1.82, 2.24) is 14.9 Å². The van der Waals surface area contributed by atoms with E-state index in [2.05, 4.69) is 45.2 Å². The van der Waals surface area contributed by atoms with Gasteiger partial charge < -0.3 is 4.74 Å². The molecular weight excluding hydrogens is 322 g/mol. The van der Waals surface area contributed by atoms with E-state index in [0.717, 1.165) is 42.3 Å². The van der Waals surface area contributed by atoms with Gasteiger partial charge in [0.2, 0.25) is 0 Å². The number of nitrogens with zero attached hydrogens (tertiary/aromatic N) is 3. The molecular formula is C22H23N3O. The first-order valence-corrected chi connectivity index (χ1v) is 8.67. The average Bonchev–Trinajstić information content (AvgIpc) is 2.70. The fourth-order valence-corrected chi connectivity index (χ4v) is 2.76. The van der Waals surface area contributed by atoms with Gasteiger partial charge in [0.05, 0.1) is 18.5 Å². The van der Waals surface area contributed by atoms with Crippen LogP contribution in [-0.4, -0.2) is 28.5 Å². The molecule has 3 aromatic rings. The predicted octanol–water partition coefficient (Wildman–Crippen LogP) is 4.20. The Morgan fingerprint density at radius 3 is 2.04 bits per heavy atom. The zero-order valence-electron chi connectivity index (χ0n) is 15.0. The number of para-hydroxylation sites is 1. The van der Waals surface area contributed by atoms with Crippen molar-refractivity contribution in [2.75, 3.05) is 13.7 Å². The summed E-state index contributed by atoms with van der Waals surface area (Å²) >= 11 is 0. The second kappa shape index (κ2) is 9.49. The zero-order chi connectivity index (χ0) is 18.0. The molecule has 4 heteroatoms. The van der Waals surface area contributed by atoms with Crippen LogP contribution >= 0.6 is 0 Å². The van der Waals surface area contributed by atoms with Crippen LogP contribution in [0.5, 0.6) is 5.75 Å². The van der Waals surface area contributed by atoms with Crippen LogP contribution in [0.1, 0.15) is 17.0 Å². The second-order valence-corrected chi connectivity index (χ2v) is 5.96. The number of benzene rings is 1. The van der Waals surface area contributed by atoms with Crippen molar-refractivity contribution in [1.29, 1.82) is 0 Å². The van der Waals surface area contributed by atoms with Gasteiger partial charge in [-0.15, -0.1) is 0 Å². The lowest BCUT2D eigenvalue weighted by atomic mass is 10.2. The van der Waals surface area contributed by atoms with Gasteiger partial charge in [-0.05, 0) is 30.3 Å². The Labute approximate surface area is 154 Å². The molecule has 3 rings (SSSR count). The Morgan fingerprint density at radius 1 is 0.846 bits per heavy atom. The van der Waals surface area contributed by atoms with Crippen molar-refractivity contribution in [3.63, 3.8) is 0 Å². The number of hydrogen-bond donors (Lipinski definition) is 0. The van der Waals surface area contributed by atoms with Gasteiger partial charge in [0.1, 0.15) is 5.75 Å². The molecule has 0 saturated heterocycles. The normalized spacial score (nSPS) is 11.2. The van der Waals surface area contributed by atoms with Gasteiger partial charge in [0, 0.05) is 37.6 Å². The molecule has 0 unspecified atom stereocenters. The van der Waals surface area contributed by atoms with Crippen LogP contribution in [0.15, 0.2) is 79.1 Å². The molecule has 4 nitrogen and oxygen atoms in total. The third-order valence-electron chi connectivity index (χ3n) is 4.02. The van der Waals surface area contributed by atoms with Crippen LogP contribution in [-0.2, 0) is 13.1 Å². The summed E-state index contributed by atoms with van der Waals surface area (Å²) < 4.78 is 5.41. The molecule has 0 aliphatic carbocycles. The quantitative estimate of drug-likeness (QED) is 0.613. The number of methoxy groups -OCH3 is 1. The van der Waals surface area contributed by atoms with E-state index in [4.69, 9.17) is 4.74 Å². The van der Waals surface area contributed by atoms with Crippen molar-refractivity contribution in [3.8, 4) is 5.75 Å². The van der Waals surface area contributed by atoms with Crippen LogP contribution in [0.25, 0.3) is 6.08 Å². The molecule has 0 spiro atoms. The summed E-state index contributed by atoms with van der Waals surface area (Å²) in [6.07, 6.45) is 7.92. The molecule has 0 N–H and O–H groups in total. The SMILES string of the molecule is COc1ccccc1C=CCN(Cc1ccccn1)Cc1ccccn1. The summed E-state index contributed by atoms with van der Waals surface area (Å²) in [5.74, 6) is 0.879. The van der Waals surface area contributed by atoms with Gasteiger partial charge in [-0.1, -0.05) is 42.5 Å². The maximum absolute atomic E-state index is 5.41. The van der Waals surface area contributed by atoms with Gasteiger partial charge in [0.25, 0.3) is 0 Å². The molecule has 2 aromatic heterocycles. The van der Waals surface area contributed by atoms with Crippen molar-refractivity contribution >= 4 is 6.08 Å². The van der Waals surface area contributed by atoms with Gasteiger partial charge in [-0.3, -0.25) is 14.9 Å². The first-order chi connectivity index (χ1) is 12.8. The fraction of sp³-hybridized carbons (Fsp3) is 0.182. The third-order valence-corrected chi connectivity index (χ3v) is 4.02. The van der Waals surface area contributed by atoms with Gasteiger partial charge in [0.15, 0.2) is 0 Å². The standard InChI is InChI=1S/C22H23N3O/c1-26-22-13-3-2-9-19(22)10-8-16-25(17-20-11-4-6-14-23-20)18-21-12-5-7-15-24-21/h2-15H,16-18H2,1H3. The zero-order valence-corrected chi connectivity index (χ0v) is 15.0. The van der Waals surface area contributed by atoms with E-state index in [-0.39, 0.29) is 0 Å².